The topological polar surface area (TPSA) is 43.4 Å². The van der Waals surface area contributed by atoms with Gasteiger partial charge in [-0.2, -0.15) is 0 Å². The van der Waals surface area contributed by atoms with E-state index in [1.54, 1.807) is 31.2 Å². The smallest absolute Gasteiger partial charge is 0.320 e. The summed E-state index contributed by atoms with van der Waals surface area (Å²) in [7, 11) is 0. The zero-order valence-electron chi connectivity index (χ0n) is 8.27. The second-order valence-corrected chi connectivity index (χ2v) is 3.83. The molecule has 0 fully saturated rings. The molecule has 0 heterocycles. The van der Waals surface area contributed by atoms with E-state index >= 15 is 0 Å². The highest BCUT2D eigenvalue weighted by Crippen LogP contribution is 2.18. The van der Waals surface area contributed by atoms with Crippen LogP contribution in [0.5, 0.6) is 0 Å². The van der Waals surface area contributed by atoms with Crippen molar-refractivity contribution in [1.82, 2.24) is 0 Å². The van der Waals surface area contributed by atoms with Crippen LogP contribution >= 0.6 is 15.9 Å². The third kappa shape index (κ3) is 3.16. The summed E-state index contributed by atoms with van der Waals surface area (Å²) in [4.78, 5) is 22.2. The molecule has 0 aliphatic rings. The average Bonchev–Trinajstić information content (AvgIpc) is 2.22. The quantitative estimate of drug-likeness (QED) is 0.479. The molecule has 0 aliphatic heterocycles. The molecule has 0 unspecified atom stereocenters. The second kappa shape index (κ2) is 5.66. The fraction of sp³-hybridized carbons (Fsp3) is 0.273. The Morgan fingerprint density at radius 3 is 2.53 bits per heavy atom. The van der Waals surface area contributed by atoms with E-state index in [0.717, 1.165) is 4.47 Å². The first kappa shape index (κ1) is 11.9. The van der Waals surface area contributed by atoms with Crippen LogP contribution in [-0.2, 0) is 14.3 Å². The van der Waals surface area contributed by atoms with Gasteiger partial charge >= 0.3 is 5.97 Å². The Morgan fingerprint density at radius 1 is 1.47 bits per heavy atom. The number of aldehydes is 1. The van der Waals surface area contributed by atoms with Crippen molar-refractivity contribution in [3.63, 3.8) is 0 Å². The van der Waals surface area contributed by atoms with Gasteiger partial charge in [0.1, 0.15) is 12.2 Å². The molecule has 0 aromatic heterocycles. The van der Waals surface area contributed by atoms with Crippen LogP contribution < -0.4 is 0 Å². The van der Waals surface area contributed by atoms with Gasteiger partial charge in [-0.3, -0.25) is 4.79 Å². The van der Waals surface area contributed by atoms with E-state index in [-0.39, 0.29) is 6.61 Å². The lowest BCUT2D eigenvalue weighted by molar-refractivity contribution is -0.146. The second-order valence-electron chi connectivity index (χ2n) is 2.92. The third-order valence-electron chi connectivity index (χ3n) is 1.91. The Labute approximate surface area is 96.6 Å². The molecule has 80 valence electrons. The van der Waals surface area contributed by atoms with Gasteiger partial charge in [0.2, 0.25) is 0 Å². The Balaban J connectivity index is 2.87. The predicted octanol–water partition coefficient (Wildman–Crippen LogP) is 2.29. The van der Waals surface area contributed by atoms with Gasteiger partial charge in [0.15, 0.2) is 0 Å². The molecule has 0 bridgehead atoms. The summed E-state index contributed by atoms with van der Waals surface area (Å²) in [5.74, 6) is -1.33. The number of hydrogen-bond donors (Lipinski definition) is 0. The van der Waals surface area contributed by atoms with Crippen LogP contribution in [0.4, 0.5) is 0 Å². The number of halogens is 1. The van der Waals surface area contributed by atoms with Crippen LogP contribution in [0.25, 0.3) is 0 Å². The van der Waals surface area contributed by atoms with E-state index in [2.05, 4.69) is 15.9 Å². The van der Waals surface area contributed by atoms with Crippen molar-refractivity contribution < 1.29 is 14.3 Å². The van der Waals surface area contributed by atoms with Crippen molar-refractivity contribution in [3.8, 4) is 0 Å². The van der Waals surface area contributed by atoms with E-state index < -0.39 is 11.9 Å². The summed E-state index contributed by atoms with van der Waals surface area (Å²) in [6, 6.07) is 7.01. The normalized spacial score (nSPS) is 11.9. The van der Waals surface area contributed by atoms with Gasteiger partial charge in [-0.1, -0.05) is 28.1 Å². The minimum atomic E-state index is -0.821. The number of benzene rings is 1. The predicted molar refractivity (Wildman–Crippen MR) is 59.6 cm³/mol. The van der Waals surface area contributed by atoms with Gasteiger partial charge in [-0.15, -0.1) is 0 Å². The summed E-state index contributed by atoms with van der Waals surface area (Å²) in [5.41, 5.74) is 0.645. The number of carbonyl (C=O) groups is 2. The van der Waals surface area contributed by atoms with Gasteiger partial charge in [0.05, 0.1) is 6.61 Å². The fourth-order valence-corrected chi connectivity index (χ4v) is 1.44. The molecule has 0 amide bonds. The Hall–Kier alpha value is -1.16. The van der Waals surface area contributed by atoms with Gasteiger partial charge < -0.3 is 9.53 Å². The van der Waals surface area contributed by atoms with Gasteiger partial charge in [-0.25, -0.2) is 0 Å². The molecule has 0 saturated carbocycles. The van der Waals surface area contributed by atoms with Crippen molar-refractivity contribution in [1.29, 1.82) is 0 Å². The monoisotopic (exact) mass is 270 g/mol. The van der Waals surface area contributed by atoms with E-state index in [9.17, 15) is 9.59 Å². The Bertz CT molecular complexity index is 345. The number of hydrogen-bond acceptors (Lipinski definition) is 3. The van der Waals surface area contributed by atoms with Crippen molar-refractivity contribution in [3.05, 3.63) is 34.3 Å². The number of rotatable bonds is 4. The minimum Gasteiger partial charge on any atom is -0.465 e. The lowest BCUT2D eigenvalue weighted by atomic mass is 10.0. The van der Waals surface area contributed by atoms with Crippen molar-refractivity contribution >= 4 is 28.2 Å². The van der Waals surface area contributed by atoms with Crippen LogP contribution in [-0.4, -0.2) is 18.9 Å². The zero-order chi connectivity index (χ0) is 11.3. The molecular weight excluding hydrogens is 260 g/mol. The molecule has 1 rings (SSSR count). The van der Waals surface area contributed by atoms with E-state index in [0.29, 0.717) is 11.8 Å². The number of esters is 1. The van der Waals surface area contributed by atoms with Crippen molar-refractivity contribution in [2.45, 2.75) is 12.8 Å². The highest BCUT2D eigenvalue weighted by Gasteiger charge is 2.20. The molecule has 1 aromatic carbocycles. The first-order valence-corrected chi connectivity index (χ1v) is 5.35. The molecule has 15 heavy (non-hydrogen) atoms. The van der Waals surface area contributed by atoms with Gasteiger partial charge in [0, 0.05) is 4.47 Å². The first-order valence-electron chi connectivity index (χ1n) is 4.56. The van der Waals surface area contributed by atoms with Crippen LogP contribution in [0, 0.1) is 0 Å². The number of ether oxygens (including phenoxy) is 1. The number of carbonyl (C=O) groups excluding carboxylic acids is 2. The van der Waals surface area contributed by atoms with Crippen LogP contribution in [0.2, 0.25) is 0 Å². The van der Waals surface area contributed by atoms with E-state index in [4.69, 9.17) is 4.74 Å². The highest BCUT2D eigenvalue weighted by molar-refractivity contribution is 9.10. The summed E-state index contributed by atoms with van der Waals surface area (Å²) in [6.45, 7) is 1.99. The summed E-state index contributed by atoms with van der Waals surface area (Å²) < 4.78 is 5.70. The fourth-order valence-electron chi connectivity index (χ4n) is 1.17. The maximum absolute atomic E-state index is 11.4. The van der Waals surface area contributed by atoms with Gasteiger partial charge in [-0.05, 0) is 24.6 Å². The van der Waals surface area contributed by atoms with Crippen molar-refractivity contribution in [2.24, 2.45) is 0 Å². The molecular formula is C11H11BrO3. The molecule has 0 aliphatic carbocycles. The standard InChI is InChI=1S/C11H11BrO3/c1-2-15-11(14)10(7-13)8-3-5-9(12)6-4-8/h3-7,10H,2H2,1H3/t10-/m0/s1. The van der Waals surface area contributed by atoms with E-state index in [1.165, 1.54) is 0 Å². The average molecular weight is 271 g/mol. The molecule has 0 spiro atoms. The lowest BCUT2D eigenvalue weighted by Crippen LogP contribution is -2.17. The third-order valence-corrected chi connectivity index (χ3v) is 2.43. The summed E-state index contributed by atoms with van der Waals surface area (Å²) in [5, 5.41) is 0. The molecule has 4 heteroatoms. The van der Waals surface area contributed by atoms with Crippen LogP contribution in [0.1, 0.15) is 18.4 Å². The summed E-state index contributed by atoms with van der Waals surface area (Å²) in [6.07, 6.45) is 0.598. The first-order chi connectivity index (χ1) is 7.19. The van der Waals surface area contributed by atoms with E-state index in [1.807, 2.05) is 0 Å². The maximum atomic E-state index is 11.4. The molecule has 1 aromatic rings. The zero-order valence-corrected chi connectivity index (χ0v) is 9.86. The Morgan fingerprint density at radius 2 is 2.07 bits per heavy atom. The van der Waals surface area contributed by atoms with Crippen molar-refractivity contribution in [2.75, 3.05) is 6.61 Å². The SMILES string of the molecule is CCOC(=O)[C@@H](C=O)c1ccc(Br)cc1. The lowest BCUT2D eigenvalue weighted by Gasteiger charge is -2.09. The Kier molecular flexibility index (Phi) is 4.49. The molecule has 3 nitrogen and oxygen atoms in total. The highest BCUT2D eigenvalue weighted by atomic mass is 79.9. The minimum absolute atomic E-state index is 0.277. The largest absolute Gasteiger partial charge is 0.465 e. The molecule has 0 radical (unpaired) electrons. The maximum Gasteiger partial charge on any atom is 0.320 e. The molecule has 1 atom stereocenters. The molecule has 0 saturated heterocycles. The van der Waals surface area contributed by atoms with Crippen LogP contribution in [0.15, 0.2) is 28.7 Å². The van der Waals surface area contributed by atoms with Crippen LogP contribution in [0.3, 0.4) is 0 Å². The summed E-state index contributed by atoms with van der Waals surface area (Å²) >= 11 is 3.28. The van der Waals surface area contributed by atoms with Gasteiger partial charge in [0.25, 0.3) is 0 Å². The molecule has 0 N–H and O–H groups in total.